The molecule has 0 amide bonds. The summed E-state index contributed by atoms with van der Waals surface area (Å²) in [6.45, 7) is 4.03. The molecule has 0 radical (unpaired) electrons. The Bertz CT molecular complexity index is 758. The zero-order valence-corrected chi connectivity index (χ0v) is 11.4. The van der Waals surface area contributed by atoms with Gasteiger partial charge in [0, 0.05) is 11.8 Å². The summed E-state index contributed by atoms with van der Waals surface area (Å²) in [5, 5.41) is 13.8. The maximum absolute atomic E-state index is 9.90. The second-order valence-corrected chi connectivity index (χ2v) is 4.91. The summed E-state index contributed by atoms with van der Waals surface area (Å²) in [7, 11) is 0. The number of nitrogen functional groups attached to an aromatic ring is 1. The monoisotopic (exact) mass is 272 g/mol. The highest BCUT2D eigenvalue weighted by molar-refractivity contribution is 5.79. The number of nitrogens with zero attached hydrogens (tertiary/aromatic N) is 3. The van der Waals surface area contributed by atoms with E-state index in [-0.39, 0.29) is 0 Å². The first-order valence-corrected chi connectivity index (χ1v) is 6.40. The van der Waals surface area contributed by atoms with Gasteiger partial charge in [0.2, 0.25) is 0 Å². The molecule has 3 N–H and O–H groups in total. The zero-order chi connectivity index (χ0) is 14.3. The van der Waals surface area contributed by atoms with Crippen LogP contribution in [0.3, 0.4) is 0 Å². The Morgan fingerprint density at radius 2 is 2.20 bits per heavy atom. The van der Waals surface area contributed by atoms with Gasteiger partial charge < -0.3 is 19.9 Å². The van der Waals surface area contributed by atoms with E-state index in [0.717, 1.165) is 22.5 Å². The van der Waals surface area contributed by atoms with Crippen LogP contribution in [0.15, 0.2) is 28.8 Å². The summed E-state index contributed by atoms with van der Waals surface area (Å²) >= 11 is 0. The Labute approximate surface area is 115 Å². The molecular formula is C14H16N4O2. The number of aryl methyl sites for hydroxylation is 1. The number of nitrogens with two attached hydrogens (primary N) is 1. The van der Waals surface area contributed by atoms with Crippen LogP contribution in [0.25, 0.3) is 11.0 Å². The fraction of sp³-hybridized carbons (Fsp3) is 0.286. The van der Waals surface area contributed by atoms with Crippen LogP contribution in [0.1, 0.15) is 30.3 Å². The molecule has 104 valence electrons. The third-order valence-electron chi connectivity index (χ3n) is 3.17. The summed E-state index contributed by atoms with van der Waals surface area (Å²) in [5.41, 5.74) is 8.92. The molecule has 0 aliphatic rings. The molecule has 6 nitrogen and oxygen atoms in total. The zero-order valence-electron chi connectivity index (χ0n) is 11.4. The predicted molar refractivity (Wildman–Crippen MR) is 75.1 cm³/mol. The lowest BCUT2D eigenvalue weighted by molar-refractivity contribution is 0.184. The van der Waals surface area contributed by atoms with Gasteiger partial charge in [-0.05, 0) is 32.0 Å². The van der Waals surface area contributed by atoms with Crippen molar-refractivity contribution in [1.82, 2.24) is 14.7 Å². The standard InChI is InChI=1S/C14H16N4O2/c1-8-5-11(20-17-8)7-18-13-4-3-10(15)6-12(13)16-14(18)9(2)19/h3-6,9,19H,7,15H2,1-2H3. The van der Waals surface area contributed by atoms with Crippen molar-refractivity contribution in [1.29, 1.82) is 0 Å². The number of aliphatic hydroxyl groups is 1. The summed E-state index contributed by atoms with van der Waals surface area (Å²) < 4.78 is 7.16. The molecule has 2 aromatic heterocycles. The normalized spacial score (nSPS) is 12.9. The largest absolute Gasteiger partial charge is 0.399 e. The van der Waals surface area contributed by atoms with Gasteiger partial charge in [0.15, 0.2) is 5.76 Å². The number of aromatic nitrogens is 3. The maximum Gasteiger partial charge on any atom is 0.156 e. The lowest BCUT2D eigenvalue weighted by Crippen LogP contribution is -2.07. The van der Waals surface area contributed by atoms with Crippen molar-refractivity contribution in [3.05, 3.63) is 41.5 Å². The van der Waals surface area contributed by atoms with Gasteiger partial charge in [0.25, 0.3) is 0 Å². The maximum atomic E-state index is 9.90. The molecule has 0 aliphatic carbocycles. The molecule has 20 heavy (non-hydrogen) atoms. The highest BCUT2D eigenvalue weighted by Gasteiger charge is 2.16. The predicted octanol–water partition coefficient (Wildman–Crippen LogP) is 2.02. The topological polar surface area (TPSA) is 90.1 Å². The third-order valence-corrected chi connectivity index (χ3v) is 3.17. The summed E-state index contributed by atoms with van der Waals surface area (Å²) in [6.07, 6.45) is -0.673. The first-order valence-electron chi connectivity index (χ1n) is 6.40. The molecule has 0 fully saturated rings. The molecule has 0 spiro atoms. The Hall–Kier alpha value is -2.34. The number of anilines is 1. The molecule has 3 aromatic rings. The van der Waals surface area contributed by atoms with E-state index in [0.29, 0.717) is 18.1 Å². The molecule has 0 saturated carbocycles. The van der Waals surface area contributed by atoms with Gasteiger partial charge in [0.1, 0.15) is 11.9 Å². The first kappa shape index (κ1) is 12.7. The summed E-state index contributed by atoms with van der Waals surface area (Å²) in [4.78, 5) is 4.45. The van der Waals surface area contributed by atoms with Crippen LogP contribution < -0.4 is 5.73 Å². The van der Waals surface area contributed by atoms with Crippen molar-refractivity contribution < 1.29 is 9.63 Å². The SMILES string of the molecule is Cc1cc(Cn2c(C(C)O)nc3cc(N)ccc32)on1. The van der Waals surface area contributed by atoms with E-state index in [1.165, 1.54) is 0 Å². The van der Waals surface area contributed by atoms with Gasteiger partial charge in [-0.15, -0.1) is 0 Å². The summed E-state index contributed by atoms with van der Waals surface area (Å²) in [5.74, 6) is 1.31. The Balaban J connectivity index is 2.13. The Morgan fingerprint density at radius 3 is 2.85 bits per heavy atom. The van der Waals surface area contributed by atoms with E-state index in [1.54, 1.807) is 13.0 Å². The van der Waals surface area contributed by atoms with Crippen LogP contribution >= 0.6 is 0 Å². The smallest absolute Gasteiger partial charge is 0.156 e. The lowest BCUT2D eigenvalue weighted by atomic mass is 10.2. The van der Waals surface area contributed by atoms with E-state index in [2.05, 4.69) is 10.1 Å². The fourth-order valence-electron chi connectivity index (χ4n) is 2.30. The van der Waals surface area contributed by atoms with Crippen LogP contribution in [-0.2, 0) is 6.54 Å². The average molecular weight is 272 g/mol. The highest BCUT2D eigenvalue weighted by Crippen LogP contribution is 2.24. The van der Waals surface area contributed by atoms with E-state index >= 15 is 0 Å². The van der Waals surface area contributed by atoms with Crippen molar-refractivity contribution in [2.45, 2.75) is 26.5 Å². The number of benzene rings is 1. The van der Waals surface area contributed by atoms with E-state index in [1.807, 2.05) is 29.7 Å². The minimum absolute atomic E-state index is 0.474. The fourth-order valence-corrected chi connectivity index (χ4v) is 2.30. The molecule has 0 saturated heterocycles. The molecule has 3 rings (SSSR count). The van der Waals surface area contributed by atoms with Crippen LogP contribution in [0, 0.1) is 6.92 Å². The molecule has 0 aliphatic heterocycles. The molecule has 2 heterocycles. The van der Waals surface area contributed by atoms with Gasteiger partial charge in [-0.3, -0.25) is 0 Å². The third kappa shape index (κ3) is 2.14. The second-order valence-electron chi connectivity index (χ2n) is 4.91. The second kappa shape index (κ2) is 4.64. The van der Waals surface area contributed by atoms with Crippen LogP contribution in [0.4, 0.5) is 5.69 Å². The number of hydrogen-bond acceptors (Lipinski definition) is 5. The van der Waals surface area contributed by atoms with Crippen LogP contribution in [0.5, 0.6) is 0 Å². The molecule has 1 unspecified atom stereocenters. The average Bonchev–Trinajstić information content (AvgIpc) is 2.94. The van der Waals surface area contributed by atoms with Crippen LogP contribution in [0.2, 0.25) is 0 Å². The summed E-state index contributed by atoms with van der Waals surface area (Å²) in [6, 6.07) is 7.38. The molecule has 0 bridgehead atoms. The number of rotatable bonds is 3. The first-order chi connectivity index (χ1) is 9.54. The highest BCUT2D eigenvalue weighted by atomic mass is 16.5. The number of hydrogen-bond donors (Lipinski definition) is 2. The van der Waals surface area contributed by atoms with Crippen molar-refractivity contribution in [2.75, 3.05) is 5.73 Å². The molecule has 6 heteroatoms. The van der Waals surface area contributed by atoms with Gasteiger partial charge >= 0.3 is 0 Å². The quantitative estimate of drug-likeness (QED) is 0.712. The van der Waals surface area contributed by atoms with E-state index in [9.17, 15) is 5.11 Å². The lowest BCUT2D eigenvalue weighted by Gasteiger charge is -2.08. The van der Waals surface area contributed by atoms with Crippen LogP contribution in [-0.4, -0.2) is 19.8 Å². The van der Waals surface area contributed by atoms with Gasteiger partial charge in [-0.1, -0.05) is 5.16 Å². The molecule has 1 atom stereocenters. The van der Waals surface area contributed by atoms with Crippen molar-refractivity contribution in [3.8, 4) is 0 Å². The van der Waals surface area contributed by atoms with E-state index in [4.69, 9.17) is 10.3 Å². The van der Waals surface area contributed by atoms with Gasteiger partial charge in [-0.2, -0.15) is 0 Å². The van der Waals surface area contributed by atoms with Crippen molar-refractivity contribution in [2.24, 2.45) is 0 Å². The number of aliphatic hydroxyl groups excluding tert-OH is 1. The molecular weight excluding hydrogens is 256 g/mol. The van der Waals surface area contributed by atoms with Crippen molar-refractivity contribution in [3.63, 3.8) is 0 Å². The number of fused-ring (bicyclic) bond motifs is 1. The molecule has 1 aromatic carbocycles. The van der Waals surface area contributed by atoms with Gasteiger partial charge in [0.05, 0.1) is 23.3 Å². The Morgan fingerprint density at radius 1 is 1.40 bits per heavy atom. The minimum Gasteiger partial charge on any atom is -0.399 e. The Kier molecular flexibility index (Phi) is 2.94. The van der Waals surface area contributed by atoms with Gasteiger partial charge in [-0.25, -0.2) is 4.98 Å². The minimum atomic E-state index is -0.673. The number of imidazole rings is 1. The van der Waals surface area contributed by atoms with E-state index < -0.39 is 6.10 Å². The van der Waals surface area contributed by atoms with Crippen molar-refractivity contribution >= 4 is 16.7 Å².